The molecule has 2 aromatic carbocycles. The summed E-state index contributed by atoms with van der Waals surface area (Å²) in [6.45, 7) is 4.32. The normalized spacial score (nSPS) is 11.9. The Morgan fingerprint density at radius 2 is 1.94 bits per heavy atom. The molecule has 2 aromatic heterocycles. The fourth-order valence-corrected chi connectivity index (χ4v) is 3.99. The third kappa shape index (κ3) is 5.46. The smallest absolute Gasteiger partial charge is 0.326 e. The third-order valence-electron chi connectivity index (χ3n) is 5.79. The number of carboxylic acids is 1. The van der Waals surface area contributed by atoms with Crippen molar-refractivity contribution in [3.63, 3.8) is 0 Å². The average molecular weight is 462 g/mol. The van der Waals surface area contributed by atoms with Crippen LogP contribution in [-0.2, 0) is 24.2 Å². The standard InChI is InChI=1S/C26H28FN5O2/c1-3-18-12-21(27)10-16(2)24(18)32-23(25(33)34)11-17-4-6-19(7-5-17)20-13-22(30-14-20)15-31-26-28-8-9-29-26/h4-10,12-14,23,30,32H,3,11,15H2,1-2H3,(H,33,34)(H2,28,29,31). The fraction of sp³-hybridized carbons (Fsp3) is 0.231. The predicted octanol–water partition coefficient (Wildman–Crippen LogP) is 5.13. The number of carboxylic acid groups (broad SMARTS) is 1. The van der Waals surface area contributed by atoms with E-state index in [0.29, 0.717) is 36.6 Å². The first-order valence-corrected chi connectivity index (χ1v) is 11.2. The Morgan fingerprint density at radius 3 is 2.62 bits per heavy atom. The van der Waals surface area contributed by atoms with Crippen LogP contribution in [0.2, 0.25) is 0 Å². The van der Waals surface area contributed by atoms with Crippen molar-refractivity contribution in [2.75, 3.05) is 10.6 Å². The summed E-state index contributed by atoms with van der Waals surface area (Å²) in [5.41, 5.74) is 6.16. The Hall–Kier alpha value is -4.07. The van der Waals surface area contributed by atoms with Crippen molar-refractivity contribution in [1.82, 2.24) is 15.0 Å². The Labute approximate surface area is 197 Å². The van der Waals surface area contributed by atoms with E-state index in [2.05, 4.69) is 31.7 Å². The van der Waals surface area contributed by atoms with Gasteiger partial charge >= 0.3 is 5.97 Å². The second-order valence-corrected chi connectivity index (χ2v) is 8.25. The molecule has 1 atom stereocenters. The molecule has 176 valence electrons. The van der Waals surface area contributed by atoms with Crippen LogP contribution in [0.5, 0.6) is 0 Å². The summed E-state index contributed by atoms with van der Waals surface area (Å²) in [5.74, 6) is -0.551. The molecule has 0 aliphatic rings. The van der Waals surface area contributed by atoms with Crippen LogP contribution in [0, 0.1) is 12.7 Å². The molecule has 0 radical (unpaired) electrons. The molecule has 0 spiro atoms. The molecule has 1 unspecified atom stereocenters. The number of hydrogen-bond donors (Lipinski definition) is 5. The van der Waals surface area contributed by atoms with E-state index < -0.39 is 12.0 Å². The average Bonchev–Trinajstić information content (AvgIpc) is 3.51. The largest absolute Gasteiger partial charge is 0.480 e. The summed E-state index contributed by atoms with van der Waals surface area (Å²) in [5, 5.41) is 16.1. The number of nitrogens with one attached hydrogen (secondary N) is 4. The number of aliphatic carboxylic acids is 1. The number of H-pyrrole nitrogens is 2. The van der Waals surface area contributed by atoms with Crippen LogP contribution < -0.4 is 10.6 Å². The number of hydrogen-bond acceptors (Lipinski definition) is 4. The van der Waals surface area contributed by atoms with Crippen molar-refractivity contribution in [2.45, 2.75) is 39.3 Å². The minimum atomic E-state index is -0.950. The van der Waals surface area contributed by atoms with Crippen molar-refractivity contribution in [3.8, 4) is 11.1 Å². The maximum atomic E-state index is 13.8. The number of halogens is 1. The topological polar surface area (TPSA) is 106 Å². The first kappa shape index (κ1) is 23.1. The van der Waals surface area contributed by atoms with E-state index in [1.807, 2.05) is 37.4 Å². The summed E-state index contributed by atoms with van der Waals surface area (Å²) in [7, 11) is 0. The van der Waals surface area contributed by atoms with E-state index in [0.717, 1.165) is 27.9 Å². The van der Waals surface area contributed by atoms with Crippen molar-refractivity contribution in [2.24, 2.45) is 0 Å². The summed E-state index contributed by atoms with van der Waals surface area (Å²) < 4.78 is 13.8. The number of imidazole rings is 1. The second-order valence-electron chi connectivity index (χ2n) is 8.25. The van der Waals surface area contributed by atoms with E-state index in [1.165, 1.54) is 12.1 Å². The van der Waals surface area contributed by atoms with Gasteiger partial charge in [0.1, 0.15) is 11.9 Å². The Bertz CT molecular complexity index is 1250. The molecule has 2 heterocycles. The molecule has 8 heteroatoms. The molecule has 34 heavy (non-hydrogen) atoms. The van der Waals surface area contributed by atoms with E-state index in [1.54, 1.807) is 19.3 Å². The maximum Gasteiger partial charge on any atom is 0.326 e. The van der Waals surface area contributed by atoms with Crippen LogP contribution in [0.25, 0.3) is 11.1 Å². The molecule has 4 aromatic rings. The molecule has 0 amide bonds. The molecule has 0 aliphatic carbocycles. The predicted molar refractivity (Wildman–Crippen MR) is 131 cm³/mol. The zero-order chi connectivity index (χ0) is 24.1. The SMILES string of the molecule is CCc1cc(F)cc(C)c1NC(Cc1ccc(-c2c[nH]c(CNc3ncc[nH]3)c2)cc1)C(=O)O. The highest BCUT2D eigenvalue weighted by molar-refractivity contribution is 5.79. The first-order valence-electron chi connectivity index (χ1n) is 11.2. The van der Waals surface area contributed by atoms with Gasteiger partial charge < -0.3 is 25.7 Å². The lowest BCUT2D eigenvalue weighted by molar-refractivity contribution is -0.137. The molecule has 0 saturated heterocycles. The summed E-state index contributed by atoms with van der Waals surface area (Å²) in [6, 6.07) is 12.0. The van der Waals surface area contributed by atoms with Crippen molar-refractivity contribution in [3.05, 3.63) is 89.3 Å². The van der Waals surface area contributed by atoms with Gasteiger partial charge in [-0.05, 0) is 59.4 Å². The van der Waals surface area contributed by atoms with Gasteiger partial charge in [-0.2, -0.15) is 0 Å². The quantitative estimate of drug-likeness (QED) is 0.225. The Morgan fingerprint density at radius 1 is 1.15 bits per heavy atom. The lowest BCUT2D eigenvalue weighted by Gasteiger charge is -2.20. The number of nitrogens with zero attached hydrogens (tertiary/aromatic N) is 1. The van der Waals surface area contributed by atoms with E-state index in [4.69, 9.17) is 0 Å². The van der Waals surface area contributed by atoms with Gasteiger partial charge in [0.05, 0.1) is 6.54 Å². The van der Waals surface area contributed by atoms with Crippen LogP contribution >= 0.6 is 0 Å². The van der Waals surface area contributed by atoms with Crippen LogP contribution in [0.1, 0.15) is 29.3 Å². The van der Waals surface area contributed by atoms with Crippen LogP contribution in [0.15, 0.2) is 61.1 Å². The van der Waals surface area contributed by atoms with Gasteiger partial charge in [-0.25, -0.2) is 14.2 Å². The van der Waals surface area contributed by atoms with Gasteiger partial charge in [-0.1, -0.05) is 31.2 Å². The zero-order valence-electron chi connectivity index (χ0n) is 19.2. The fourth-order valence-electron chi connectivity index (χ4n) is 3.99. The Kier molecular flexibility index (Phi) is 6.96. The van der Waals surface area contributed by atoms with Gasteiger partial charge in [0, 0.05) is 36.4 Å². The van der Waals surface area contributed by atoms with Crippen LogP contribution in [0.3, 0.4) is 0 Å². The number of aromatic nitrogens is 3. The van der Waals surface area contributed by atoms with Crippen molar-refractivity contribution >= 4 is 17.6 Å². The Balaban J connectivity index is 1.43. The molecule has 0 fully saturated rings. The third-order valence-corrected chi connectivity index (χ3v) is 5.79. The second kappa shape index (κ2) is 10.2. The van der Waals surface area contributed by atoms with Crippen molar-refractivity contribution < 1.29 is 14.3 Å². The number of carbonyl (C=O) groups is 1. The molecule has 4 rings (SSSR count). The molecule has 0 saturated carbocycles. The number of aryl methyl sites for hydroxylation is 2. The summed E-state index contributed by atoms with van der Waals surface area (Å²) in [4.78, 5) is 22.4. The van der Waals surface area contributed by atoms with E-state index in [-0.39, 0.29) is 5.82 Å². The highest BCUT2D eigenvalue weighted by atomic mass is 19.1. The summed E-state index contributed by atoms with van der Waals surface area (Å²) in [6.07, 6.45) is 6.31. The van der Waals surface area contributed by atoms with Gasteiger partial charge in [0.25, 0.3) is 0 Å². The lowest BCUT2D eigenvalue weighted by Crippen LogP contribution is -2.32. The van der Waals surface area contributed by atoms with E-state index >= 15 is 0 Å². The van der Waals surface area contributed by atoms with Crippen LogP contribution in [-0.4, -0.2) is 32.1 Å². The van der Waals surface area contributed by atoms with Gasteiger partial charge in [-0.3, -0.25) is 0 Å². The molecular formula is C26H28FN5O2. The monoisotopic (exact) mass is 461 g/mol. The number of anilines is 2. The molecule has 7 nitrogen and oxygen atoms in total. The minimum Gasteiger partial charge on any atom is -0.480 e. The number of benzene rings is 2. The number of aromatic amines is 2. The highest BCUT2D eigenvalue weighted by Gasteiger charge is 2.20. The van der Waals surface area contributed by atoms with Gasteiger partial charge in [0.2, 0.25) is 0 Å². The van der Waals surface area contributed by atoms with Gasteiger partial charge in [-0.15, -0.1) is 0 Å². The van der Waals surface area contributed by atoms with Crippen molar-refractivity contribution in [1.29, 1.82) is 0 Å². The van der Waals surface area contributed by atoms with Gasteiger partial charge in [0.15, 0.2) is 5.95 Å². The molecule has 0 bridgehead atoms. The molecular weight excluding hydrogens is 433 g/mol. The maximum absolute atomic E-state index is 13.8. The molecule has 5 N–H and O–H groups in total. The lowest BCUT2D eigenvalue weighted by atomic mass is 10.00. The number of rotatable bonds is 10. The first-order chi connectivity index (χ1) is 16.4. The highest BCUT2D eigenvalue weighted by Crippen LogP contribution is 2.26. The zero-order valence-corrected chi connectivity index (χ0v) is 19.2. The molecule has 0 aliphatic heterocycles. The summed E-state index contributed by atoms with van der Waals surface area (Å²) >= 11 is 0. The minimum absolute atomic E-state index is 0.307. The van der Waals surface area contributed by atoms with Crippen LogP contribution in [0.4, 0.5) is 16.0 Å². The van der Waals surface area contributed by atoms with E-state index in [9.17, 15) is 14.3 Å².